The number of piperazine rings is 1. The fourth-order valence-corrected chi connectivity index (χ4v) is 4.41. The first-order chi connectivity index (χ1) is 17.7. The zero-order valence-corrected chi connectivity index (χ0v) is 20.6. The van der Waals surface area contributed by atoms with E-state index in [1.165, 1.54) is 35.3 Å². The number of rotatable bonds is 3. The van der Waals surface area contributed by atoms with E-state index in [1.54, 1.807) is 28.0 Å². The molecule has 37 heavy (non-hydrogen) atoms. The maximum atomic E-state index is 14.1. The van der Waals surface area contributed by atoms with Crippen molar-refractivity contribution in [3.8, 4) is 5.69 Å². The van der Waals surface area contributed by atoms with Gasteiger partial charge in [-0.25, -0.2) is 14.4 Å². The fourth-order valence-electron chi connectivity index (χ4n) is 4.41. The van der Waals surface area contributed by atoms with Gasteiger partial charge in [0, 0.05) is 43.8 Å². The number of amides is 1. The number of nitrogens with zero attached hydrogens (tertiary/aromatic N) is 6. The third-order valence-electron chi connectivity index (χ3n) is 6.03. The monoisotopic (exact) mass is 514 g/mol. The van der Waals surface area contributed by atoms with E-state index in [0.717, 1.165) is 12.3 Å². The van der Waals surface area contributed by atoms with E-state index < -0.39 is 17.6 Å². The van der Waals surface area contributed by atoms with Crippen LogP contribution in [0.15, 0.2) is 61.2 Å². The van der Waals surface area contributed by atoms with Crippen molar-refractivity contribution < 1.29 is 22.4 Å². The minimum atomic E-state index is -4.68. The van der Waals surface area contributed by atoms with Gasteiger partial charge in [0.05, 0.1) is 10.9 Å². The largest absolute Gasteiger partial charge is 0.418 e. The number of hydrogen-bond acceptors (Lipinski definition) is 5. The van der Waals surface area contributed by atoms with Gasteiger partial charge in [-0.1, -0.05) is 26.0 Å². The molecule has 194 valence electrons. The highest BCUT2D eigenvalue weighted by Gasteiger charge is 2.38. The SMILES string of the molecule is CC.CC1CN(c2ncnc3c2c(C(F)(F)F)cn3-c2cccc(F)c2)CCN1C(=O)c1ccccn1. The molecule has 11 heteroatoms. The van der Waals surface area contributed by atoms with Gasteiger partial charge in [0.15, 0.2) is 5.65 Å². The van der Waals surface area contributed by atoms with Crippen LogP contribution in [0, 0.1) is 5.82 Å². The van der Waals surface area contributed by atoms with Gasteiger partial charge >= 0.3 is 6.18 Å². The zero-order chi connectivity index (χ0) is 26.7. The summed E-state index contributed by atoms with van der Waals surface area (Å²) in [6, 6.07) is 10.1. The van der Waals surface area contributed by atoms with Crippen LogP contribution in [0.2, 0.25) is 0 Å². The van der Waals surface area contributed by atoms with E-state index in [2.05, 4.69) is 15.0 Å². The average Bonchev–Trinajstić information content (AvgIpc) is 3.31. The third kappa shape index (κ3) is 5.11. The minimum Gasteiger partial charge on any atom is -0.352 e. The Kier molecular flexibility index (Phi) is 7.42. The zero-order valence-electron chi connectivity index (χ0n) is 20.6. The molecule has 7 nitrogen and oxygen atoms in total. The molecule has 3 aromatic heterocycles. The number of fused-ring (bicyclic) bond motifs is 1. The van der Waals surface area contributed by atoms with E-state index in [9.17, 15) is 22.4 Å². The lowest BCUT2D eigenvalue weighted by Crippen LogP contribution is -2.54. The summed E-state index contributed by atoms with van der Waals surface area (Å²) in [5, 5.41) is -0.166. The van der Waals surface area contributed by atoms with Crippen LogP contribution in [-0.2, 0) is 6.18 Å². The van der Waals surface area contributed by atoms with Crippen LogP contribution < -0.4 is 4.90 Å². The third-order valence-corrected chi connectivity index (χ3v) is 6.03. The van der Waals surface area contributed by atoms with Gasteiger partial charge in [-0.3, -0.25) is 9.78 Å². The van der Waals surface area contributed by atoms with Crippen LogP contribution >= 0.6 is 0 Å². The number of benzene rings is 1. The molecule has 1 unspecified atom stereocenters. The Balaban J connectivity index is 0.00000156. The quantitative estimate of drug-likeness (QED) is 0.345. The standard InChI is InChI=1S/C24H20F4N6O.C2H6/c1-15-12-32(9-10-33(15)23(35)19-7-2-3-8-29-19)21-20-18(24(26,27)28)13-34(22(20)31-14-30-21)17-6-4-5-16(25)11-17;1-2/h2-8,11,13-15H,9-10,12H2,1H3;1-2H3. The summed E-state index contributed by atoms with van der Waals surface area (Å²) in [5.74, 6) is -0.692. The molecule has 1 fully saturated rings. The summed E-state index contributed by atoms with van der Waals surface area (Å²) >= 11 is 0. The number of aromatic nitrogens is 4. The van der Waals surface area contributed by atoms with Gasteiger partial charge in [0.1, 0.15) is 23.7 Å². The Morgan fingerprint density at radius 3 is 2.46 bits per heavy atom. The van der Waals surface area contributed by atoms with E-state index in [4.69, 9.17) is 0 Å². The Morgan fingerprint density at radius 1 is 1.03 bits per heavy atom. The second-order valence-corrected chi connectivity index (χ2v) is 8.29. The van der Waals surface area contributed by atoms with Gasteiger partial charge in [0.2, 0.25) is 0 Å². The van der Waals surface area contributed by atoms with Crippen LogP contribution in [0.25, 0.3) is 16.7 Å². The second kappa shape index (κ2) is 10.5. The van der Waals surface area contributed by atoms with Gasteiger partial charge < -0.3 is 14.4 Å². The number of halogens is 4. The van der Waals surface area contributed by atoms with Crippen molar-refractivity contribution in [2.75, 3.05) is 24.5 Å². The molecule has 1 aliphatic rings. The van der Waals surface area contributed by atoms with Crippen molar-refractivity contribution in [1.29, 1.82) is 0 Å². The van der Waals surface area contributed by atoms with Crippen molar-refractivity contribution in [3.63, 3.8) is 0 Å². The highest BCUT2D eigenvalue weighted by atomic mass is 19.4. The number of carbonyl (C=O) groups excluding carboxylic acids is 1. The van der Waals surface area contributed by atoms with Crippen molar-refractivity contribution >= 4 is 22.8 Å². The van der Waals surface area contributed by atoms with Crippen LogP contribution in [0.1, 0.15) is 36.8 Å². The smallest absolute Gasteiger partial charge is 0.352 e. The summed E-state index contributed by atoms with van der Waals surface area (Å²) in [6.45, 7) is 6.66. The molecule has 1 aliphatic heterocycles. The fraction of sp³-hybridized carbons (Fsp3) is 0.308. The first-order valence-corrected chi connectivity index (χ1v) is 11.9. The Morgan fingerprint density at radius 2 is 1.81 bits per heavy atom. The van der Waals surface area contributed by atoms with Crippen LogP contribution in [-0.4, -0.2) is 56.0 Å². The molecule has 0 bridgehead atoms. The first-order valence-electron chi connectivity index (χ1n) is 11.9. The Labute approximate surface area is 211 Å². The molecule has 1 saturated heterocycles. The molecule has 4 aromatic rings. The first kappa shape index (κ1) is 26.1. The molecule has 0 radical (unpaired) electrons. The second-order valence-electron chi connectivity index (χ2n) is 8.29. The van der Waals surface area contributed by atoms with Gasteiger partial charge in [-0.15, -0.1) is 0 Å². The lowest BCUT2D eigenvalue weighted by molar-refractivity contribution is -0.136. The predicted octanol–water partition coefficient (Wildman–Crippen LogP) is 5.35. The van der Waals surface area contributed by atoms with E-state index in [1.807, 2.05) is 20.8 Å². The van der Waals surface area contributed by atoms with Crippen molar-refractivity contribution in [2.24, 2.45) is 0 Å². The maximum absolute atomic E-state index is 14.1. The summed E-state index contributed by atoms with van der Waals surface area (Å²) < 4.78 is 57.3. The summed E-state index contributed by atoms with van der Waals surface area (Å²) in [7, 11) is 0. The van der Waals surface area contributed by atoms with Crippen LogP contribution in [0.4, 0.5) is 23.4 Å². The van der Waals surface area contributed by atoms with Gasteiger partial charge in [-0.2, -0.15) is 13.2 Å². The van der Waals surface area contributed by atoms with Gasteiger partial charge in [-0.05, 0) is 37.3 Å². The Bertz CT molecular complexity index is 1390. The molecule has 5 rings (SSSR count). The van der Waals surface area contributed by atoms with Crippen LogP contribution in [0.3, 0.4) is 0 Å². The van der Waals surface area contributed by atoms with E-state index in [-0.39, 0.29) is 54.1 Å². The van der Waals surface area contributed by atoms with Gasteiger partial charge in [0.25, 0.3) is 5.91 Å². The van der Waals surface area contributed by atoms with Crippen molar-refractivity contribution in [1.82, 2.24) is 24.4 Å². The molecule has 0 spiro atoms. The molecule has 1 atom stereocenters. The topological polar surface area (TPSA) is 67.2 Å². The number of alkyl halides is 3. The normalized spacial score (nSPS) is 15.9. The molecule has 1 aromatic carbocycles. The van der Waals surface area contributed by atoms with E-state index >= 15 is 0 Å². The molecular weight excluding hydrogens is 488 g/mol. The molecular formula is C26H26F4N6O. The molecule has 0 saturated carbocycles. The number of pyridine rings is 1. The highest BCUT2D eigenvalue weighted by Crippen LogP contribution is 2.40. The highest BCUT2D eigenvalue weighted by molar-refractivity contribution is 5.94. The molecule has 4 heterocycles. The average molecular weight is 515 g/mol. The number of anilines is 1. The predicted molar refractivity (Wildman–Crippen MR) is 132 cm³/mol. The van der Waals surface area contributed by atoms with Crippen molar-refractivity contribution in [2.45, 2.75) is 33.0 Å². The lowest BCUT2D eigenvalue weighted by atomic mass is 10.1. The summed E-state index contributed by atoms with van der Waals surface area (Å²) in [6.07, 6.45) is -1.03. The molecule has 1 amide bonds. The minimum absolute atomic E-state index is 0.0209. The van der Waals surface area contributed by atoms with E-state index in [0.29, 0.717) is 5.69 Å². The summed E-state index contributed by atoms with van der Waals surface area (Å²) in [5.41, 5.74) is -0.363. The maximum Gasteiger partial charge on any atom is 0.418 e. The van der Waals surface area contributed by atoms with Crippen LogP contribution in [0.5, 0.6) is 0 Å². The van der Waals surface area contributed by atoms with Crippen molar-refractivity contribution in [3.05, 3.63) is 78.3 Å². The lowest BCUT2D eigenvalue weighted by Gasteiger charge is -2.40. The number of carbonyl (C=O) groups is 1. The molecule has 0 N–H and O–H groups in total. The molecule has 0 aliphatic carbocycles. The summed E-state index contributed by atoms with van der Waals surface area (Å²) in [4.78, 5) is 28.7. The Hall–Kier alpha value is -4.02. The number of hydrogen-bond donors (Lipinski definition) is 0.